The average molecular weight is 484 g/mol. The van der Waals surface area contributed by atoms with E-state index in [1.54, 1.807) is 31.2 Å². The molecular weight excluding hydrogens is 458 g/mol. The van der Waals surface area contributed by atoms with Crippen LogP contribution in [0.3, 0.4) is 0 Å². The van der Waals surface area contributed by atoms with E-state index in [1.807, 2.05) is 50.2 Å². The Morgan fingerprint density at radius 2 is 1.81 bits per heavy atom. The molecule has 0 radical (unpaired) electrons. The first-order valence-electron chi connectivity index (χ1n) is 11.5. The number of nitrogens with zero attached hydrogens (tertiary/aromatic N) is 6. The van der Waals surface area contributed by atoms with E-state index in [1.165, 1.54) is 11.0 Å². The van der Waals surface area contributed by atoms with Gasteiger partial charge in [-0.15, -0.1) is 5.10 Å². The molecule has 1 fully saturated rings. The van der Waals surface area contributed by atoms with Crippen LogP contribution in [0.25, 0.3) is 5.69 Å². The highest BCUT2D eigenvalue weighted by molar-refractivity contribution is 6.11. The molecule has 0 saturated carbocycles. The fourth-order valence-corrected chi connectivity index (χ4v) is 4.60. The number of amides is 3. The molecular formula is C26H25N7O3. The molecule has 36 heavy (non-hydrogen) atoms. The SMILES string of the molecule is Cc1cc(C(=O)CN2C(=O)NC(C)(c3cccc(-n4cnnn4)c3)C2=O)c(C)n1Cc1ccccc1. The van der Waals surface area contributed by atoms with Gasteiger partial charge >= 0.3 is 6.03 Å². The smallest absolute Gasteiger partial charge is 0.325 e. The number of aryl methyl sites for hydroxylation is 1. The largest absolute Gasteiger partial charge is 0.344 e. The highest BCUT2D eigenvalue weighted by Gasteiger charge is 2.49. The summed E-state index contributed by atoms with van der Waals surface area (Å²) in [4.78, 5) is 40.5. The lowest BCUT2D eigenvalue weighted by Crippen LogP contribution is -2.41. The van der Waals surface area contributed by atoms with E-state index >= 15 is 0 Å². The summed E-state index contributed by atoms with van der Waals surface area (Å²) in [6.45, 7) is 5.73. The number of imide groups is 1. The Morgan fingerprint density at radius 1 is 1.03 bits per heavy atom. The third kappa shape index (κ3) is 3.96. The predicted octanol–water partition coefficient (Wildman–Crippen LogP) is 2.78. The van der Waals surface area contributed by atoms with Gasteiger partial charge in [0.2, 0.25) is 0 Å². The topological polar surface area (TPSA) is 115 Å². The molecule has 10 nitrogen and oxygen atoms in total. The van der Waals surface area contributed by atoms with Gasteiger partial charge in [-0.05, 0) is 60.5 Å². The number of urea groups is 1. The molecule has 4 aromatic rings. The van der Waals surface area contributed by atoms with Crippen LogP contribution in [-0.4, -0.2) is 53.9 Å². The third-order valence-electron chi connectivity index (χ3n) is 6.67. The zero-order valence-corrected chi connectivity index (χ0v) is 20.2. The molecule has 0 spiro atoms. The van der Waals surface area contributed by atoms with Crippen LogP contribution in [0, 0.1) is 13.8 Å². The second-order valence-corrected chi connectivity index (χ2v) is 9.03. The molecule has 182 valence electrons. The van der Waals surface area contributed by atoms with Crippen molar-refractivity contribution >= 4 is 17.7 Å². The van der Waals surface area contributed by atoms with Crippen LogP contribution in [0.2, 0.25) is 0 Å². The van der Waals surface area contributed by atoms with Crippen LogP contribution in [-0.2, 0) is 16.9 Å². The number of carbonyl (C=O) groups excluding carboxylic acids is 3. The van der Waals surface area contributed by atoms with Crippen molar-refractivity contribution in [2.75, 3.05) is 6.54 Å². The first-order chi connectivity index (χ1) is 17.3. The summed E-state index contributed by atoms with van der Waals surface area (Å²) in [5.74, 6) is -0.787. The number of carbonyl (C=O) groups is 3. The molecule has 1 N–H and O–H groups in total. The van der Waals surface area contributed by atoms with Crippen molar-refractivity contribution in [1.29, 1.82) is 0 Å². The number of hydrogen-bond donors (Lipinski definition) is 1. The summed E-state index contributed by atoms with van der Waals surface area (Å²) in [6, 6.07) is 18.2. The number of ketones is 1. The lowest BCUT2D eigenvalue weighted by Gasteiger charge is -2.22. The average Bonchev–Trinajstić information content (AvgIpc) is 3.57. The molecule has 3 heterocycles. The van der Waals surface area contributed by atoms with E-state index in [2.05, 4.69) is 25.4 Å². The van der Waals surface area contributed by atoms with E-state index in [-0.39, 0.29) is 12.3 Å². The molecule has 1 aliphatic rings. The fraction of sp³-hybridized carbons (Fsp3) is 0.231. The Morgan fingerprint density at radius 3 is 2.53 bits per heavy atom. The van der Waals surface area contributed by atoms with Crippen LogP contribution >= 0.6 is 0 Å². The summed E-state index contributed by atoms with van der Waals surface area (Å²) in [6.07, 6.45) is 1.44. The van der Waals surface area contributed by atoms with E-state index in [9.17, 15) is 14.4 Å². The van der Waals surface area contributed by atoms with E-state index in [4.69, 9.17) is 0 Å². The van der Waals surface area contributed by atoms with Gasteiger partial charge in [0.1, 0.15) is 11.9 Å². The monoisotopic (exact) mass is 483 g/mol. The van der Waals surface area contributed by atoms with Gasteiger partial charge in [0.05, 0.1) is 12.2 Å². The zero-order chi connectivity index (χ0) is 25.4. The van der Waals surface area contributed by atoms with Gasteiger partial charge in [-0.2, -0.15) is 0 Å². The number of hydrogen-bond acceptors (Lipinski definition) is 6. The minimum absolute atomic E-state index is 0.294. The normalized spacial score (nSPS) is 17.5. The second-order valence-electron chi connectivity index (χ2n) is 9.03. The minimum atomic E-state index is -1.33. The van der Waals surface area contributed by atoms with Crippen LogP contribution in [0.5, 0.6) is 0 Å². The quantitative estimate of drug-likeness (QED) is 0.319. The Kier molecular flexibility index (Phi) is 5.71. The Labute approximate surface area is 207 Å². The molecule has 2 aromatic carbocycles. The van der Waals surface area contributed by atoms with Crippen LogP contribution < -0.4 is 5.32 Å². The number of benzene rings is 2. The van der Waals surface area contributed by atoms with Crippen LogP contribution in [0.1, 0.15) is 39.8 Å². The summed E-state index contributed by atoms with van der Waals surface area (Å²) >= 11 is 0. The molecule has 0 aliphatic carbocycles. The lowest BCUT2D eigenvalue weighted by molar-refractivity contribution is -0.130. The summed E-state index contributed by atoms with van der Waals surface area (Å²) in [5.41, 5.74) is 3.22. The van der Waals surface area contributed by atoms with Crippen molar-refractivity contribution in [2.24, 2.45) is 0 Å². The van der Waals surface area contributed by atoms with E-state index in [0.29, 0.717) is 23.4 Å². The van der Waals surface area contributed by atoms with Crippen molar-refractivity contribution in [2.45, 2.75) is 32.9 Å². The molecule has 1 atom stereocenters. The van der Waals surface area contributed by atoms with E-state index < -0.39 is 17.5 Å². The standard InChI is InChI=1S/C26H25N7O3/c1-17-12-22(18(2)31(17)14-19-8-5-4-6-9-19)23(34)15-32-24(35)26(3,28-25(32)36)20-10-7-11-21(13-20)33-16-27-29-30-33/h4-13,16H,14-15H2,1-3H3,(H,28,36). The highest BCUT2D eigenvalue weighted by Crippen LogP contribution is 2.30. The fourth-order valence-electron chi connectivity index (χ4n) is 4.60. The van der Waals surface area contributed by atoms with Gasteiger partial charge in [-0.25, -0.2) is 9.48 Å². The minimum Gasteiger partial charge on any atom is -0.344 e. The first-order valence-corrected chi connectivity index (χ1v) is 11.5. The van der Waals surface area contributed by atoms with Crippen molar-refractivity contribution in [3.8, 4) is 5.69 Å². The Bertz CT molecular complexity index is 1460. The van der Waals surface area contributed by atoms with Crippen molar-refractivity contribution in [3.05, 3.63) is 95.1 Å². The van der Waals surface area contributed by atoms with Crippen molar-refractivity contribution < 1.29 is 14.4 Å². The van der Waals surface area contributed by atoms with Crippen LogP contribution in [0.15, 0.2) is 67.0 Å². The van der Waals surface area contributed by atoms with Gasteiger partial charge in [0, 0.05) is 23.5 Å². The summed E-state index contributed by atoms with van der Waals surface area (Å²) < 4.78 is 3.52. The highest BCUT2D eigenvalue weighted by atomic mass is 16.2. The molecule has 5 rings (SSSR count). The Balaban J connectivity index is 1.37. The predicted molar refractivity (Wildman–Crippen MR) is 131 cm³/mol. The zero-order valence-electron chi connectivity index (χ0n) is 20.2. The molecule has 1 unspecified atom stereocenters. The molecule has 1 aliphatic heterocycles. The maximum Gasteiger partial charge on any atom is 0.325 e. The summed E-state index contributed by atoms with van der Waals surface area (Å²) in [7, 11) is 0. The van der Waals surface area contributed by atoms with Gasteiger partial charge in [-0.1, -0.05) is 42.5 Å². The first kappa shape index (κ1) is 23.2. The van der Waals surface area contributed by atoms with Crippen molar-refractivity contribution in [3.63, 3.8) is 0 Å². The lowest BCUT2D eigenvalue weighted by atomic mass is 9.91. The number of aromatic nitrogens is 5. The molecule has 10 heteroatoms. The van der Waals surface area contributed by atoms with E-state index in [0.717, 1.165) is 21.9 Å². The third-order valence-corrected chi connectivity index (χ3v) is 6.67. The van der Waals surface area contributed by atoms with Gasteiger partial charge in [0.25, 0.3) is 5.91 Å². The van der Waals surface area contributed by atoms with Gasteiger partial charge in [-0.3, -0.25) is 14.5 Å². The van der Waals surface area contributed by atoms with Gasteiger partial charge in [0.15, 0.2) is 5.78 Å². The number of nitrogens with one attached hydrogen (secondary N) is 1. The maximum atomic E-state index is 13.4. The molecule has 1 saturated heterocycles. The number of rotatable bonds is 7. The Hall–Kier alpha value is -4.60. The van der Waals surface area contributed by atoms with Crippen molar-refractivity contribution in [1.82, 2.24) is 35.0 Å². The second kappa shape index (κ2) is 8.88. The molecule has 3 amide bonds. The number of tetrazole rings is 1. The molecule has 2 aromatic heterocycles. The van der Waals surface area contributed by atoms with Crippen LogP contribution in [0.4, 0.5) is 4.79 Å². The molecule has 0 bridgehead atoms. The van der Waals surface area contributed by atoms with Gasteiger partial charge < -0.3 is 9.88 Å². The maximum absolute atomic E-state index is 13.4. The number of Topliss-reactive ketones (excluding diaryl/α,β-unsaturated/α-hetero) is 1. The summed E-state index contributed by atoms with van der Waals surface area (Å²) in [5, 5.41) is 13.9.